The minimum atomic E-state index is -0.532. The quantitative estimate of drug-likeness (QED) is 0.674. The summed E-state index contributed by atoms with van der Waals surface area (Å²) in [5.74, 6) is 0.434. The first kappa shape index (κ1) is 17.8. The highest BCUT2D eigenvalue weighted by Gasteiger charge is 2.24. The van der Waals surface area contributed by atoms with Gasteiger partial charge < -0.3 is 11.1 Å². The Hall–Kier alpha value is -3.06. The number of tetrazole rings is 1. The van der Waals surface area contributed by atoms with Gasteiger partial charge in [-0.2, -0.15) is 0 Å². The van der Waals surface area contributed by atoms with E-state index in [2.05, 4.69) is 20.8 Å². The van der Waals surface area contributed by atoms with Gasteiger partial charge in [-0.05, 0) is 28.5 Å². The number of nitrogens with zero attached hydrogens (tertiary/aromatic N) is 4. The van der Waals surface area contributed by atoms with Crippen LogP contribution in [-0.4, -0.2) is 32.7 Å². The van der Waals surface area contributed by atoms with Crippen molar-refractivity contribution in [3.63, 3.8) is 0 Å². The van der Waals surface area contributed by atoms with Gasteiger partial charge >= 0.3 is 0 Å². The predicted molar refractivity (Wildman–Crippen MR) is 98.1 cm³/mol. The Morgan fingerprint density at radius 3 is 2.38 bits per heavy atom. The minimum Gasteiger partial charge on any atom is -0.352 e. The van der Waals surface area contributed by atoms with Crippen LogP contribution in [0.2, 0.25) is 0 Å². The number of nitrogens with one attached hydrogen (secondary N) is 1. The number of benzene rings is 2. The molecule has 3 rings (SSSR count). The van der Waals surface area contributed by atoms with Gasteiger partial charge in [0, 0.05) is 19.0 Å². The van der Waals surface area contributed by atoms with Crippen LogP contribution in [0.3, 0.4) is 0 Å². The molecule has 1 aromatic heterocycles. The van der Waals surface area contributed by atoms with Crippen LogP contribution >= 0.6 is 0 Å². The first-order valence-corrected chi connectivity index (χ1v) is 8.52. The monoisotopic (exact) mass is 350 g/mol. The summed E-state index contributed by atoms with van der Waals surface area (Å²) >= 11 is 0. The van der Waals surface area contributed by atoms with Gasteiger partial charge in [0.2, 0.25) is 5.91 Å². The Balaban J connectivity index is 1.72. The zero-order valence-corrected chi connectivity index (χ0v) is 14.6. The number of aryl methyl sites for hydroxylation is 1. The van der Waals surface area contributed by atoms with E-state index in [1.54, 1.807) is 11.6 Å². The van der Waals surface area contributed by atoms with Crippen LogP contribution in [0.5, 0.6) is 0 Å². The lowest BCUT2D eigenvalue weighted by Gasteiger charge is -2.19. The molecule has 0 spiro atoms. The van der Waals surface area contributed by atoms with Gasteiger partial charge in [-0.15, -0.1) is 5.10 Å². The fraction of sp³-hybridized carbons (Fsp3) is 0.263. The molecular weight excluding hydrogens is 328 g/mol. The van der Waals surface area contributed by atoms with E-state index in [-0.39, 0.29) is 11.9 Å². The van der Waals surface area contributed by atoms with Crippen LogP contribution in [0.25, 0.3) is 0 Å². The van der Waals surface area contributed by atoms with E-state index in [1.165, 1.54) is 0 Å². The molecule has 2 unspecified atom stereocenters. The Bertz CT molecular complexity index is 834. The molecule has 0 fully saturated rings. The Kier molecular flexibility index (Phi) is 5.70. The Morgan fingerprint density at radius 1 is 1.12 bits per heavy atom. The summed E-state index contributed by atoms with van der Waals surface area (Å²) in [5.41, 5.74) is 8.20. The van der Waals surface area contributed by atoms with E-state index in [1.807, 2.05) is 60.7 Å². The summed E-state index contributed by atoms with van der Waals surface area (Å²) in [6.45, 7) is 2.12. The van der Waals surface area contributed by atoms with E-state index < -0.39 is 6.04 Å². The lowest BCUT2D eigenvalue weighted by atomic mass is 10.0. The topological polar surface area (TPSA) is 98.7 Å². The molecule has 0 saturated carbocycles. The molecule has 7 heteroatoms. The highest BCUT2D eigenvalue weighted by molar-refractivity contribution is 5.80. The molecule has 3 aromatic rings. The average molecular weight is 350 g/mol. The molecular formula is C19H22N6O. The molecule has 0 aliphatic heterocycles. The van der Waals surface area contributed by atoms with Crippen molar-refractivity contribution in [1.29, 1.82) is 0 Å². The number of carbonyl (C=O) groups excluding carboxylic acids is 1. The lowest BCUT2D eigenvalue weighted by molar-refractivity contribution is -0.124. The summed E-state index contributed by atoms with van der Waals surface area (Å²) in [6, 6.07) is 18.7. The summed E-state index contributed by atoms with van der Waals surface area (Å²) in [6.07, 6.45) is 0.499. The van der Waals surface area contributed by atoms with Crippen LogP contribution in [0.1, 0.15) is 29.0 Å². The summed E-state index contributed by atoms with van der Waals surface area (Å²) in [4.78, 5) is 12.9. The van der Waals surface area contributed by atoms with Gasteiger partial charge in [0.25, 0.3) is 0 Å². The first-order chi connectivity index (χ1) is 12.6. The van der Waals surface area contributed by atoms with E-state index in [0.29, 0.717) is 18.8 Å². The molecule has 2 atom stereocenters. The number of aromatic nitrogens is 4. The van der Waals surface area contributed by atoms with Crippen molar-refractivity contribution >= 4 is 5.91 Å². The predicted octanol–water partition coefficient (Wildman–Crippen LogP) is 1.58. The summed E-state index contributed by atoms with van der Waals surface area (Å²) < 4.78 is 1.55. The largest absolute Gasteiger partial charge is 0.352 e. The van der Waals surface area contributed by atoms with Crippen molar-refractivity contribution in [2.24, 2.45) is 5.73 Å². The fourth-order valence-electron chi connectivity index (χ4n) is 2.80. The number of nitrogens with two attached hydrogens (primary N) is 1. The SMILES string of the molecule is Cc1nnnn1C(Cc1ccccc1)C(=O)NCC(N)c1ccccc1. The zero-order chi connectivity index (χ0) is 18.4. The molecule has 0 aliphatic rings. The van der Waals surface area contributed by atoms with Gasteiger partial charge in [0.15, 0.2) is 0 Å². The van der Waals surface area contributed by atoms with Crippen LogP contribution in [0.4, 0.5) is 0 Å². The minimum absolute atomic E-state index is 0.157. The van der Waals surface area contributed by atoms with Crippen molar-refractivity contribution in [2.45, 2.75) is 25.4 Å². The second kappa shape index (κ2) is 8.35. The number of rotatable bonds is 7. The maximum atomic E-state index is 12.9. The third-order valence-corrected chi connectivity index (χ3v) is 4.25. The summed E-state index contributed by atoms with van der Waals surface area (Å²) in [7, 11) is 0. The van der Waals surface area contributed by atoms with Crippen LogP contribution < -0.4 is 11.1 Å². The highest BCUT2D eigenvalue weighted by Crippen LogP contribution is 2.15. The maximum absolute atomic E-state index is 12.9. The molecule has 1 heterocycles. The van der Waals surface area contributed by atoms with Gasteiger partial charge in [-0.1, -0.05) is 60.7 Å². The van der Waals surface area contributed by atoms with Gasteiger partial charge in [0.05, 0.1) is 0 Å². The maximum Gasteiger partial charge on any atom is 0.245 e. The number of hydrogen-bond acceptors (Lipinski definition) is 5. The standard InChI is InChI=1S/C19H22N6O/c1-14-22-23-24-25(14)18(12-15-8-4-2-5-9-15)19(26)21-13-17(20)16-10-6-3-7-11-16/h2-11,17-18H,12-13,20H2,1H3,(H,21,26). The van der Waals surface area contributed by atoms with E-state index in [9.17, 15) is 4.79 Å². The number of hydrogen-bond donors (Lipinski definition) is 2. The number of carbonyl (C=O) groups is 1. The third-order valence-electron chi connectivity index (χ3n) is 4.25. The lowest BCUT2D eigenvalue weighted by Crippen LogP contribution is -2.38. The van der Waals surface area contributed by atoms with Crippen molar-refractivity contribution in [3.05, 3.63) is 77.6 Å². The fourth-order valence-corrected chi connectivity index (χ4v) is 2.80. The van der Waals surface area contributed by atoms with Crippen molar-refractivity contribution in [3.8, 4) is 0 Å². The van der Waals surface area contributed by atoms with Crippen molar-refractivity contribution in [1.82, 2.24) is 25.5 Å². The first-order valence-electron chi connectivity index (χ1n) is 8.52. The van der Waals surface area contributed by atoms with Crippen LogP contribution in [0.15, 0.2) is 60.7 Å². The molecule has 0 aliphatic carbocycles. The van der Waals surface area contributed by atoms with Crippen LogP contribution in [0, 0.1) is 6.92 Å². The third kappa shape index (κ3) is 4.31. The second-order valence-corrected chi connectivity index (χ2v) is 6.14. The average Bonchev–Trinajstić information content (AvgIpc) is 3.11. The summed E-state index contributed by atoms with van der Waals surface area (Å²) in [5, 5.41) is 14.5. The van der Waals surface area contributed by atoms with E-state index >= 15 is 0 Å². The molecule has 134 valence electrons. The second-order valence-electron chi connectivity index (χ2n) is 6.14. The molecule has 3 N–H and O–H groups in total. The highest BCUT2D eigenvalue weighted by atomic mass is 16.2. The number of amides is 1. The molecule has 0 radical (unpaired) electrons. The van der Waals surface area contributed by atoms with E-state index in [0.717, 1.165) is 11.1 Å². The molecule has 0 bridgehead atoms. The zero-order valence-electron chi connectivity index (χ0n) is 14.6. The molecule has 26 heavy (non-hydrogen) atoms. The molecule has 2 aromatic carbocycles. The van der Waals surface area contributed by atoms with Crippen molar-refractivity contribution < 1.29 is 4.79 Å². The Morgan fingerprint density at radius 2 is 1.77 bits per heavy atom. The molecule has 1 amide bonds. The van der Waals surface area contributed by atoms with Crippen LogP contribution in [-0.2, 0) is 11.2 Å². The molecule has 0 saturated heterocycles. The van der Waals surface area contributed by atoms with Gasteiger partial charge in [0.1, 0.15) is 11.9 Å². The smallest absolute Gasteiger partial charge is 0.245 e. The van der Waals surface area contributed by atoms with Gasteiger partial charge in [-0.25, -0.2) is 4.68 Å². The van der Waals surface area contributed by atoms with E-state index in [4.69, 9.17) is 5.73 Å². The molecule has 7 nitrogen and oxygen atoms in total. The normalized spacial score (nSPS) is 13.2. The van der Waals surface area contributed by atoms with Gasteiger partial charge in [-0.3, -0.25) is 4.79 Å². The Labute approximate surface area is 152 Å². The van der Waals surface area contributed by atoms with Crippen molar-refractivity contribution in [2.75, 3.05) is 6.54 Å².